The van der Waals surface area contributed by atoms with Crippen molar-refractivity contribution in [3.05, 3.63) is 0 Å². The Labute approximate surface area is 96.9 Å². The molecule has 0 aromatic carbocycles. The highest BCUT2D eigenvalue weighted by molar-refractivity contribution is 4.87. The summed E-state index contributed by atoms with van der Waals surface area (Å²) in [4.78, 5) is 2.07. The SMILES string of the molecule is CC1CCC(O)C(CN2CC(O)C(O)C2)C1. The largest absolute Gasteiger partial charge is 0.393 e. The normalized spacial score (nSPS) is 46.1. The standard InChI is InChI=1S/C12H23NO3/c1-8-2-3-10(14)9(4-8)5-13-6-11(15)12(16)7-13/h8-12,14-16H,2-7H2,1H3. The van der Waals surface area contributed by atoms with Crippen LogP contribution in [0.15, 0.2) is 0 Å². The number of aliphatic hydroxyl groups excluding tert-OH is 3. The van der Waals surface area contributed by atoms with E-state index in [4.69, 9.17) is 0 Å². The van der Waals surface area contributed by atoms with Gasteiger partial charge in [-0.15, -0.1) is 0 Å². The molecule has 1 heterocycles. The topological polar surface area (TPSA) is 63.9 Å². The van der Waals surface area contributed by atoms with Gasteiger partial charge in [0, 0.05) is 19.6 Å². The summed E-state index contributed by atoms with van der Waals surface area (Å²) in [5.41, 5.74) is 0. The Hall–Kier alpha value is -0.160. The van der Waals surface area contributed by atoms with E-state index >= 15 is 0 Å². The summed E-state index contributed by atoms with van der Waals surface area (Å²) in [5, 5.41) is 28.8. The van der Waals surface area contributed by atoms with E-state index < -0.39 is 12.2 Å². The van der Waals surface area contributed by atoms with Crippen LogP contribution in [0.1, 0.15) is 26.2 Å². The van der Waals surface area contributed by atoms with Gasteiger partial charge in [0.2, 0.25) is 0 Å². The second-order valence-electron chi connectivity index (χ2n) is 5.60. The maximum absolute atomic E-state index is 9.93. The van der Waals surface area contributed by atoms with E-state index in [1.54, 1.807) is 0 Å². The van der Waals surface area contributed by atoms with Gasteiger partial charge < -0.3 is 15.3 Å². The lowest BCUT2D eigenvalue weighted by molar-refractivity contribution is 0.0322. The van der Waals surface area contributed by atoms with E-state index in [9.17, 15) is 15.3 Å². The van der Waals surface area contributed by atoms with Crippen LogP contribution in [0.4, 0.5) is 0 Å². The fraction of sp³-hybridized carbons (Fsp3) is 1.00. The summed E-state index contributed by atoms with van der Waals surface area (Å²) >= 11 is 0. The third-order valence-corrected chi connectivity index (χ3v) is 4.03. The van der Waals surface area contributed by atoms with Gasteiger partial charge in [0.25, 0.3) is 0 Å². The van der Waals surface area contributed by atoms with Crippen molar-refractivity contribution in [3.63, 3.8) is 0 Å². The highest BCUT2D eigenvalue weighted by atomic mass is 16.3. The van der Waals surface area contributed by atoms with Gasteiger partial charge in [0.15, 0.2) is 0 Å². The molecule has 2 aliphatic rings. The van der Waals surface area contributed by atoms with Gasteiger partial charge in [-0.1, -0.05) is 6.92 Å². The number of rotatable bonds is 2. The van der Waals surface area contributed by atoms with Crippen LogP contribution in [0.3, 0.4) is 0 Å². The van der Waals surface area contributed by atoms with Crippen molar-refractivity contribution in [1.29, 1.82) is 0 Å². The lowest BCUT2D eigenvalue weighted by atomic mass is 9.80. The van der Waals surface area contributed by atoms with Gasteiger partial charge >= 0.3 is 0 Å². The number of β-amino-alcohol motifs (C(OH)–C–C–N with tert-alkyl or cyclic N) is 2. The van der Waals surface area contributed by atoms with Crippen LogP contribution >= 0.6 is 0 Å². The molecule has 94 valence electrons. The molecule has 0 amide bonds. The van der Waals surface area contributed by atoms with Crippen molar-refractivity contribution in [1.82, 2.24) is 4.90 Å². The van der Waals surface area contributed by atoms with E-state index in [-0.39, 0.29) is 6.10 Å². The molecule has 0 bridgehead atoms. The molecule has 1 aliphatic carbocycles. The molecular formula is C12H23NO3. The maximum atomic E-state index is 9.93. The molecular weight excluding hydrogens is 206 g/mol. The molecule has 3 N–H and O–H groups in total. The quantitative estimate of drug-likeness (QED) is 0.615. The van der Waals surface area contributed by atoms with Gasteiger partial charge in [-0.2, -0.15) is 0 Å². The molecule has 4 heteroatoms. The van der Waals surface area contributed by atoms with E-state index in [2.05, 4.69) is 11.8 Å². The van der Waals surface area contributed by atoms with Crippen molar-refractivity contribution in [3.8, 4) is 0 Å². The maximum Gasteiger partial charge on any atom is 0.0938 e. The van der Waals surface area contributed by atoms with Gasteiger partial charge in [0.1, 0.15) is 0 Å². The molecule has 0 radical (unpaired) electrons. The van der Waals surface area contributed by atoms with Crippen molar-refractivity contribution in [2.24, 2.45) is 11.8 Å². The molecule has 2 rings (SSSR count). The average molecular weight is 229 g/mol. The van der Waals surface area contributed by atoms with Gasteiger partial charge in [-0.3, -0.25) is 4.90 Å². The molecule has 1 aliphatic heterocycles. The zero-order valence-corrected chi connectivity index (χ0v) is 9.92. The first kappa shape index (κ1) is 12.3. The number of likely N-dealkylation sites (tertiary alicyclic amines) is 1. The fourth-order valence-electron chi connectivity index (χ4n) is 3.01. The molecule has 1 saturated heterocycles. The van der Waals surface area contributed by atoms with Crippen LogP contribution < -0.4 is 0 Å². The molecule has 5 unspecified atom stereocenters. The molecule has 0 aromatic rings. The summed E-state index contributed by atoms with van der Waals surface area (Å²) in [6.07, 6.45) is 1.64. The minimum Gasteiger partial charge on any atom is -0.393 e. The zero-order valence-electron chi connectivity index (χ0n) is 9.92. The second kappa shape index (κ2) is 5.00. The Balaban J connectivity index is 1.84. The summed E-state index contributed by atoms with van der Waals surface area (Å²) in [5.74, 6) is 0.993. The molecule has 0 spiro atoms. The predicted molar refractivity (Wildman–Crippen MR) is 61.0 cm³/mol. The second-order valence-corrected chi connectivity index (χ2v) is 5.60. The Morgan fingerprint density at radius 3 is 2.25 bits per heavy atom. The molecule has 1 saturated carbocycles. The minimum absolute atomic E-state index is 0.203. The van der Waals surface area contributed by atoms with Crippen LogP contribution in [0.25, 0.3) is 0 Å². The lowest BCUT2D eigenvalue weighted by Crippen LogP contribution is -2.38. The highest BCUT2D eigenvalue weighted by Gasteiger charge is 2.34. The Kier molecular flexibility index (Phi) is 3.85. The van der Waals surface area contributed by atoms with E-state index in [1.165, 1.54) is 0 Å². The van der Waals surface area contributed by atoms with Crippen LogP contribution in [-0.4, -0.2) is 58.2 Å². The number of hydrogen-bond donors (Lipinski definition) is 3. The predicted octanol–water partition coefficient (Wildman–Crippen LogP) is -0.179. The third kappa shape index (κ3) is 2.74. The summed E-state index contributed by atoms with van der Waals surface area (Å²) in [6, 6.07) is 0. The molecule has 0 aromatic heterocycles. The highest BCUT2D eigenvalue weighted by Crippen LogP contribution is 2.30. The third-order valence-electron chi connectivity index (χ3n) is 4.03. The monoisotopic (exact) mass is 229 g/mol. The Bertz CT molecular complexity index is 226. The van der Waals surface area contributed by atoms with Gasteiger partial charge in [-0.25, -0.2) is 0 Å². The van der Waals surface area contributed by atoms with Crippen molar-refractivity contribution in [2.75, 3.05) is 19.6 Å². The van der Waals surface area contributed by atoms with Crippen LogP contribution in [-0.2, 0) is 0 Å². The van der Waals surface area contributed by atoms with E-state index in [0.29, 0.717) is 24.9 Å². The first-order chi connectivity index (χ1) is 7.56. The minimum atomic E-state index is -0.613. The summed E-state index contributed by atoms with van der Waals surface area (Å²) in [6.45, 7) is 4.11. The van der Waals surface area contributed by atoms with Crippen LogP contribution in [0.5, 0.6) is 0 Å². The zero-order chi connectivity index (χ0) is 11.7. The smallest absolute Gasteiger partial charge is 0.0938 e. The van der Waals surface area contributed by atoms with Gasteiger partial charge in [0.05, 0.1) is 18.3 Å². The van der Waals surface area contributed by atoms with Crippen molar-refractivity contribution < 1.29 is 15.3 Å². The van der Waals surface area contributed by atoms with Crippen LogP contribution in [0.2, 0.25) is 0 Å². The average Bonchev–Trinajstić information content (AvgIpc) is 2.52. The van der Waals surface area contributed by atoms with Crippen LogP contribution in [0, 0.1) is 11.8 Å². The van der Waals surface area contributed by atoms with E-state index in [1.807, 2.05) is 0 Å². The molecule has 4 nitrogen and oxygen atoms in total. The van der Waals surface area contributed by atoms with Gasteiger partial charge in [-0.05, 0) is 31.1 Å². The molecule has 16 heavy (non-hydrogen) atoms. The first-order valence-corrected chi connectivity index (χ1v) is 6.33. The van der Waals surface area contributed by atoms with Crippen molar-refractivity contribution in [2.45, 2.75) is 44.5 Å². The number of nitrogens with zero attached hydrogens (tertiary/aromatic N) is 1. The first-order valence-electron chi connectivity index (χ1n) is 6.33. The summed E-state index contributed by atoms with van der Waals surface area (Å²) in [7, 11) is 0. The number of hydrogen-bond acceptors (Lipinski definition) is 4. The Morgan fingerprint density at radius 1 is 1.00 bits per heavy atom. The fourth-order valence-corrected chi connectivity index (χ4v) is 3.01. The molecule has 2 fully saturated rings. The Morgan fingerprint density at radius 2 is 1.62 bits per heavy atom. The summed E-state index contributed by atoms with van der Waals surface area (Å²) < 4.78 is 0. The number of aliphatic hydroxyl groups is 3. The lowest BCUT2D eigenvalue weighted by Gasteiger charge is -2.34. The molecule has 5 atom stereocenters. The van der Waals surface area contributed by atoms with E-state index in [0.717, 1.165) is 25.8 Å². The van der Waals surface area contributed by atoms with Crippen molar-refractivity contribution >= 4 is 0 Å².